The molecule has 0 fully saturated rings. The third-order valence-electron chi connectivity index (χ3n) is 3.12. The van der Waals surface area contributed by atoms with Crippen LogP contribution in [0.1, 0.15) is 30.6 Å². The monoisotopic (exact) mass is 304 g/mol. The highest BCUT2D eigenvalue weighted by Crippen LogP contribution is 2.19. The molecule has 4 nitrogen and oxygen atoms in total. The van der Waals surface area contributed by atoms with Gasteiger partial charge in [-0.1, -0.05) is 26.0 Å². The van der Waals surface area contributed by atoms with Crippen LogP contribution in [0.3, 0.4) is 0 Å². The van der Waals surface area contributed by atoms with Gasteiger partial charge in [0.2, 0.25) is 0 Å². The molecule has 0 saturated heterocycles. The molecule has 0 aliphatic rings. The van der Waals surface area contributed by atoms with Crippen LogP contribution < -0.4 is 5.32 Å². The van der Waals surface area contributed by atoms with E-state index in [1.54, 1.807) is 29.0 Å². The Morgan fingerprint density at radius 1 is 1.33 bits per heavy atom. The summed E-state index contributed by atoms with van der Waals surface area (Å²) in [7, 11) is 0. The molecule has 5 heteroatoms. The van der Waals surface area contributed by atoms with Crippen molar-refractivity contribution in [3.63, 3.8) is 0 Å². The third kappa shape index (κ3) is 4.65. The second kappa shape index (κ2) is 7.33. The molecular weight excluding hydrogens is 284 g/mol. The Hall–Kier alpha value is -1.72. The number of nitrogens with one attached hydrogen (secondary N) is 1. The highest BCUT2D eigenvalue weighted by Gasteiger charge is 2.10. The largest absolute Gasteiger partial charge is 0.391 e. The summed E-state index contributed by atoms with van der Waals surface area (Å²) in [5.41, 5.74) is 4.28. The van der Waals surface area contributed by atoms with E-state index in [0.29, 0.717) is 17.9 Å². The van der Waals surface area contributed by atoms with E-state index in [4.69, 9.17) is 0 Å². The van der Waals surface area contributed by atoms with Crippen molar-refractivity contribution in [2.75, 3.05) is 6.54 Å². The first-order valence-corrected chi connectivity index (χ1v) is 7.95. The predicted octanol–water partition coefficient (Wildman–Crippen LogP) is 2.95. The second-order valence-electron chi connectivity index (χ2n) is 5.44. The predicted molar refractivity (Wildman–Crippen MR) is 85.3 cm³/mol. The van der Waals surface area contributed by atoms with Crippen molar-refractivity contribution in [3.8, 4) is 11.3 Å². The van der Waals surface area contributed by atoms with Gasteiger partial charge in [-0.15, -0.1) is 11.3 Å². The second-order valence-corrected chi connectivity index (χ2v) is 6.16. The average molecular weight is 304 g/mol. The zero-order chi connectivity index (χ0) is 15.2. The topological polar surface area (TPSA) is 62.2 Å². The Morgan fingerprint density at radius 3 is 2.62 bits per heavy atom. The van der Waals surface area contributed by atoms with Crippen molar-refractivity contribution in [1.29, 1.82) is 0 Å². The maximum atomic E-state index is 12.0. The number of carbonyl (C=O) groups excluding carboxylic acids is 1. The lowest BCUT2D eigenvalue weighted by atomic mass is 10.1. The number of carbonyl (C=O) groups is 1. The van der Waals surface area contributed by atoms with Crippen molar-refractivity contribution >= 4 is 17.2 Å². The zero-order valence-electron chi connectivity index (χ0n) is 12.2. The van der Waals surface area contributed by atoms with Gasteiger partial charge < -0.3 is 10.4 Å². The first-order chi connectivity index (χ1) is 10.1. The standard InChI is InChI=1S/C16H20N2O2S/c1-11(2)7-14(19)8-17-16(20)13-5-3-12(4-6-13)15-9-21-10-18-15/h3-6,9-11,14,19H,7-8H2,1-2H3,(H,17,20). The van der Waals surface area contributed by atoms with Crippen LogP contribution in [0.4, 0.5) is 0 Å². The number of aromatic nitrogens is 1. The summed E-state index contributed by atoms with van der Waals surface area (Å²) in [6.07, 6.45) is 0.187. The number of rotatable bonds is 6. The van der Waals surface area contributed by atoms with E-state index in [1.165, 1.54) is 0 Å². The smallest absolute Gasteiger partial charge is 0.251 e. The number of aliphatic hydroxyl groups excluding tert-OH is 1. The van der Waals surface area contributed by atoms with Crippen molar-refractivity contribution in [3.05, 3.63) is 40.7 Å². The first-order valence-electron chi connectivity index (χ1n) is 7.01. The Morgan fingerprint density at radius 2 is 2.05 bits per heavy atom. The fourth-order valence-electron chi connectivity index (χ4n) is 2.09. The van der Waals surface area contributed by atoms with Crippen LogP contribution in [0.5, 0.6) is 0 Å². The molecular formula is C16H20N2O2S. The molecule has 2 N–H and O–H groups in total. The third-order valence-corrected chi connectivity index (χ3v) is 3.70. The molecule has 1 aromatic heterocycles. The van der Waals surface area contributed by atoms with Crippen molar-refractivity contribution in [2.24, 2.45) is 5.92 Å². The lowest BCUT2D eigenvalue weighted by molar-refractivity contribution is 0.0900. The van der Waals surface area contributed by atoms with E-state index in [-0.39, 0.29) is 12.5 Å². The highest BCUT2D eigenvalue weighted by molar-refractivity contribution is 7.07. The lowest BCUT2D eigenvalue weighted by Gasteiger charge is -2.13. The maximum Gasteiger partial charge on any atom is 0.251 e. The molecule has 0 aliphatic carbocycles. The van der Waals surface area contributed by atoms with Crippen LogP contribution in [0, 0.1) is 5.92 Å². The summed E-state index contributed by atoms with van der Waals surface area (Å²) in [5, 5.41) is 14.5. The highest BCUT2D eigenvalue weighted by atomic mass is 32.1. The molecule has 1 amide bonds. The van der Waals surface area contributed by atoms with Crippen LogP contribution in [0.15, 0.2) is 35.2 Å². The van der Waals surface area contributed by atoms with Crippen LogP contribution in [0.2, 0.25) is 0 Å². The number of hydrogen-bond donors (Lipinski definition) is 2. The van der Waals surface area contributed by atoms with E-state index in [1.807, 2.05) is 31.4 Å². The quantitative estimate of drug-likeness (QED) is 0.862. The maximum absolute atomic E-state index is 12.0. The summed E-state index contributed by atoms with van der Waals surface area (Å²) in [5.74, 6) is 0.247. The number of benzene rings is 1. The Balaban J connectivity index is 1.91. The molecule has 0 aliphatic heterocycles. The van der Waals surface area contributed by atoms with Crippen LogP contribution >= 0.6 is 11.3 Å². The fourth-order valence-corrected chi connectivity index (χ4v) is 2.65. The van der Waals surface area contributed by atoms with E-state index in [9.17, 15) is 9.90 Å². The van der Waals surface area contributed by atoms with Gasteiger partial charge in [-0.2, -0.15) is 0 Å². The number of aliphatic hydroxyl groups is 1. The summed E-state index contributed by atoms with van der Waals surface area (Å²) in [6.45, 7) is 4.37. The van der Waals surface area contributed by atoms with Crippen LogP contribution in [-0.2, 0) is 0 Å². The van der Waals surface area contributed by atoms with Gasteiger partial charge in [0.05, 0.1) is 17.3 Å². The van der Waals surface area contributed by atoms with E-state index >= 15 is 0 Å². The Bertz CT molecular complexity index is 564. The first kappa shape index (κ1) is 15.7. The SMILES string of the molecule is CC(C)CC(O)CNC(=O)c1ccc(-c2cscn2)cc1. The Kier molecular flexibility index (Phi) is 5.47. The molecule has 2 aromatic rings. The Labute approximate surface area is 128 Å². The van der Waals surface area contributed by atoms with Gasteiger partial charge in [-0.25, -0.2) is 4.98 Å². The van der Waals surface area contributed by atoms with Gasteiger partial charge in [-0.05, 0) is 24.5 Å². The van der Waals surface area contributed by atoms with Crippen molar-refractivity contribution < 1.29 is 9.90 Å². The molecule has 1 aromatic carbocycles. The van der Waals surface area contributed by atoms with Crippen LogP contribution in [0.25, 0.3) is 11.3 Å². The number of hydrogen-bond acceptors (Lipinski definition) is 4. The molecule has 2 rings (SSSR count). The van der Waals surface area contributed by atoms with Gasteiger partial charge in [0.15, 0.2) is 0 Å². The van der Waals surface area contributed by atoms with E-state index in [2.05, 4.69) is 10.3 Å². The van der Waals surface area contributed by atoms with Gasteiger partial charge in [0.25, 0.3) is 5.91 Å². The molecule has 0 bridgehead atoms. The van der Waals surface area contributed by atoms with Crippen molar-refractivity contribution in [2.45, 2.75) is 26.4 Å². The summed E-state index contributed by atoms with van der Waals surface area (Å²) in [6, 6.07) is 7.32. The lowest BCUT2D eigenvalue weighted by Crippen LogP contribution is -2.32. The molecule has 0 spiro atoms. The summed E-state index contributed by atoms with van der Waals surface area (Å²) in [4.78, 5) is 16.2. The average Bonchev–Trinajstić information content (AvgIpc) is 2.98. The van der Waals surface area contributed by atoms with E-state index < -0.39 is 6.10 Å². The molecule has 112 valence electrons. The fraction of sp³-hybridized carbons (Fsp3) is 0.375. The van der Waals surface area contributed by atoms with Crippen LogP contribution in [-0.4, -0.2) is 28.6 Å². The summed E-state index contributed by atoms with van der Waals surface area (Å²) < 4.78 is 0. The molecule has 1 unspecified atom stereocenters. The minimum atomic E-state index is -0.497. The molecule has 21 heavy (non-hydrogen) atoms. The molecule has 1 atom stereocenters. The molecule has 0 radical (unpaired) electrons. The van der Waals surface area contributed by atoms with Gasteiger partial charge in [0.1, 0.15) is 0 Å². The number of amides is 1. The molecule has 1 heterocycles. The normalized spacial score (nSPS) is 12.4. The van der Waals surface area contributed by atoms with Crippen molar-refractivity contribution in [1.82, 2.24) is 10.3 Å². The van der Waals surface area contributed by atoms with Gasteiger partial charge in [0, 0.05) is 23.1 Å². The molecule has 0 saturated carbocycles. The van der Waals surface area contributed by atoms with Gasteiger partial charge >= 0.3 is 0 Å². The number of thiazole rings is 1. The minimum absolute atomic E-state index is 0.164. The minimum Gasteiger partial charge on any atom is -0.391 e. The zero-order valence-corrected chi connectivity index (χ0v) is 13.1. The number of nitrogens with zero attached hydrogens (tertiary/aromatic N) is 1. The van der Waals surface area contributed by atoms with E-state index in [0.717, 1.165) is 11.3 Å². The summed E-state index contributed by atoms with van der Waals surface area (Å²) >= 11 is 1.54. The van der Waals surface area contributed by atoms with Gasteiger partial charge in [-0.3, -0.25) is 4.79 Å².